The smallest absolute Gasteiger partial charge is 0.191 e. The number of hydrogen-bond donors (Lipinski definition) is 2. The number of rotatable bonds is 4. The van der Waals surface area contributed by atoms with Crippen LogP contribution in [0.25, 0.3) is 0 Å². The fraction of sp³-hybridized carbons (Fsp3) is 0.222. The van der Waals surface area contributed by atoms with E-state index in [1.807, 2.05) is 6.07 Å². The third-order valence-electron chi connectivity index (χ3n) is 3.53. The lowest BCUT2D eigenvalue weighted by Gasteiger charge is -2.13. The third-order valence-corrected chi connectivity index (χ3v) is 3.53. The van der Waals surface area contributed by atoms with Crippen molar-refractivity contribution in [2.24, 2.45) is 4.99 Å². The first kappa shape index (κ1) is 20.8. The Hall–Kier alpha value is -2.21. The van der Waals surface area contributed by atoms with Crippen molar-refractivity contribution >= 4 is 29.9 Å². The third kappa shape index (κ3) is 5.98. The van der Waals surface area contributed by atoms with Gasteiger partial charge in [0.25, 0.3) is 0 Å². The predicted molar refractivity (Wildman–Crippen MR) is 105 cm³/mol. The highest BCUT2D eigenvalue weighted by Crippen LogP contribution is 2.10. The zero-order valence-electron chi connectivity index (χ0n) is 13.9. The van der Waals surface area contributed by atoms with E-state index < -0.39 is 0 Å². The van der Waals surface area contributed by atoms with Gasteiger partial charge in [-0.3, -0.25) is 4.99 Å². The average Bonchev–Trinajstić information content (AvgIpc) is 2.59. The lowest BCUT2D eigenvalue weighted by atomic mass is 10.1. The molecule has 4 nitrogen and oxygen atoms in total. The highest BCUT2D eigenvalue weighted by atomic mass is 127. The molecule has 132 valence electrons. The number of nitrogens with one attached hydrogen (secondary N) is 2. The second-order valence-corrected chi connectivity index (χ2v) is 5.28. The van der Waals surface area contributed by atoms with E-state index >= 15 is 0 Å². The van der Waals surface area contributed by atoms with Crippen LogP contribution in [0.5, 0.6) is 0 Å². The summed E-state index contributed by atoms with van der Waals surface area (Å²) in [6, 6.07) is 11.1. The first-order valence-electron chi connectivity index (χ1n) is 7.41. The average molecular weight is 456 g/mol. The molecule has 0 aliphatic rings. The van der Waals surface area contributed by atoms with Crippen LogP contribution in [0, 0.1) is 29.9 Å². The molecule has 2 N–H and O–H groups in total. The van der Waals surface area contributed by atoms with Crippen molar-refractivity contribution < 1.29 is 8.78 Å². The van der Waals surface area contributed by atoms with Gasteiger partial charge in [-0.25, -0.2) is 8.78 Å². The minimum absolute atomic E-state index is 0. The Morgan fingerprint density at radius 2 is 1.76 bits per heavy atom. The van der Waals surface area contributed by atoms with Crippen molar-refractivity contribution in [3.8, 4) is 6.07 Å². The molecule has 0 aliphatic carbocycles. The quantitative estimate of drug-likeness (QED) is 0.420. The van der Waals surface area contributed by atoms with E-state index in [1.165, 1.54) is 24.3 Å². The number of aliphatic imine (C=N–C) groups is 1. The molecule has 2 aromatic carbocycles. The Balaban J connectivity index is 0.00000312. The van der Waals surface area contributed by atoms with Gasteiger partial charge in [0.2, 0.25) is 0 Å². The number of halogens is 3. The van der Waals surface area contributed by atoms with E-state index in [1.54, 1.807) is 26.1 Å². The molecule has 0 heterocycles. The van der Waals surface area contributed by atoms with E-state index in [9.17, 15) is 8.78 Å². The standard InChI is InChI=1S/C18H18F2N4.HI/c1-12-7-14(4-5-16(12)19)10-23-18(22-2)24-11-15-8-13(9-21)3-6-17(15)20;/h3-8H,10-11H2,1-2H3,(H2,22,23,24);1H. The number of hydrogen-bond acceptors (Lipinski definition) is 2. The monoisotopic (exact) mass is 456 g/mol. The van der Waals surface area contributed by atoms with Gasteiger partial charge in [-0.15, -0.1) is 24.0 Å². The Morgan fingerprint density at radius 1 is 1.08 bits per heavy atom. The summed E-state index contributed by atoms with van der Waals surface area (Å²) in [7, 11) is 1.60. The number of aryl methyl sites for hydroxylation is 1. The van der Waals surface area contributed by atoms with Gasteiger partial charge in [0.1, 0.15) is 11.6 Å². The molecule has 0 aliphatic heterocycles. The lowest BCUT2D eigenvalue weighted by Crippen LogP contribution is -2.36. The van der Waals surface area contributed by atoms with Crippen molar-refractivity contribution in [2.45, 2.75) is 20.0 Å². The van der Waals surface area contributed by atoms with Gasteiger partial charge < -0.3 is 10.6 Å². The maximum absolute atomic E-state index is 13.7. The summed E-state index contributed by atoms with van der Waals surface area (Å²) in [5.41, 5.74) is 2.27. The number of nitriles is 1. The number of guanidine groups is 1. The largest absolute Gasteiger partial charge is 0.352 e. The van der Waals surface area contributed by atoms with Crippen LogP contribution in [0.4, 0.5) is 8.78 Å². The van der Waals surface area contributed by atoms with Crippen molar-refractivity contribution in [3.05, 3.63) is 70.3 Å². The molecular formula is C18H19F2IN4. The van der Waals surface area contributed by atoms with E-state index in [0.29, 0.717) is 29.2 Å². The topological polar surface area (TPSA) is 60.2 Å². The molecule has 7 heteroatoms. The molecule has 0 saturated carbocycles. The van der Waals surface area contributed by atoms with E-state index in [4.69, 9.17) is 5.26 Å². The molecule has 2 aromatic rings. The van der Waals surface area contributed by atoms with Crippen LogP contribution in [0.3, 0.4) is 0 Å². The minimum atomic E-state index is -0.383. The zero-order valence-corrected chi connectivity index (χ0v) is 16.3. The Bertz CT molecular complexity index is 800. The van der Waals surface area contributed by atoms with Gasteiger partial charge in [0.05, 0.1) is 11.6 Å². The molecule has 0 fully saturated rings. The van der Waals surface area contributed by atoms with Gasteiger partial charge in [0, 0.05) is 25.7 Å². The Labute approximate surface area is 163 Å². The zero-order chi connectivity index (χ0) is 17.5. The van der Waals surface area contributed by atoms with E-state index in [-0.39, 0.29) is 42.2 Å². The van der Waals surface area contributed by atoms with Gasteiger partial charge in [-0.2, -0.15) is 5.26 Å². The Morgan fingerprint density at radius 3 is 2.40 bits per heavy atom. The predicted octanol–water partition coefficient (Wildman–Crippen LogP) is 3.63. The van der Waals surface area contributed by atoms with E-state index in [2.05, 4.69) is 15.6 Å². The number of nitrogens with zero attached hydrogens (tertiary/aromatic N) is 2. The summed E-state index contributed by atoms with van der Waals surface area (Å²) in [4.78, 5) is 4.06. The van der Waals surface area contributed by atoms with Crippen LogP contribution in [-0.4, -0.2) is 13.0 Å². The van der Waals surface area contributed by atoms with Crippen molar-refractivity contribution in [1.29, 1.82) is 5.26 Å². The normalized spacial score (nSPS) is 10.6. The van der Waals surface area contributed by atoms with E-state index in [0.717, 1.165) is 5.56 Å². The van der Waals surface area contributed by atoms with Crippen LogP contribution >= 0.6 is 24.0 Å². The Kier molecular flexibility index (Phi) is 8.28. The van der Waals surface area contributed by atoms with Gasteiger partial charge in [-0.1, -0.05) is 12.1 Å². The molecule has 0 saturated heterocycles. The van der Waals surface area contributed by atoms with Crippen LogP contribution in [0.15, 0.2) is 41.4 Å². The van der Waals surface area contributed by atoms with Gasteiger partial charge in [0.15, 0.2) is 5.96 Å². The van der Waals surface area contributed by atoms with Crippen LogP contribution in [0.1, 0.15) is 22.3 Å². The SMILES string of the molecule is CN=C(NCc1ccc(F)c(C)c1)NCc1cc(C#N)ccc1F.I. The molecular weight excluding hydrogens is 437 g/mol. The summed E-state index contributed by atoms with van der Waals surface area (Å²) in [5, 5.41) is 14.9. The fourth-order valence-electron chi connectivity index (χ4n) is 2.18. The molecule has 0 spiro atoms. The first-order valence-corrected chi connectivity index (χ1v) is 7.41. The summed E-state index contributed by atoms with van der Waals surface area (Å²) < 4.78 is 27.0. The minimum Gasteiger partial charge on any atom is -0.352 e. The summed E-state index contributed by atoms with van der Waals surface area (Å²) in [5.74, 6) is -0.140. The number of benzene rings is 2. The van der Waals surface area contributed by atoms with Gasteiger partial charge in [-0.05, 0) is 42.3 Å². The molecule has 0 aromatic heterocycles. The second kappa shape index (κ2) is 9.93. The van der Waals surface area contributed by atoms with Crippen molar-refractivity contribution in [1.82, 2.24) is 10.6 Å². The summed E-state index contributed by atoms with van der Waals surface area (Å²) in [6.45, 7) is 2.36. The highest BCUT2D eigenvalue weighted by molar-refractivity contribution is 14.0. The summed E-state index contributed by atoms with van der Waals surface area (Å²) >= 11 is 0. The molecule has 0 unspecified atom stereocenters. The molecule has 25 heavy (non-hydrogen) atoms. The molecule has 0 radical (unpaired) electrons. The molecule has 0 amide bonds. The maximum atomic E-state index is 13.7. The molecule has 0 atom stereocenters. The second-order valence-electron chi connectivity index (χ2n) is 5.28. The van der Waals surface area contributed by atoms with Crippen LogP contribution < -0.4 is 10.6 Å². The first-order chi connectivity index (χ1) is 11.5. The van der Waals surface area contributed by atoms with Crippen molar-refractivity contribution in [2.75, 3.05) is 7.05 Å². The van der Waals surface area contributed by atoms with Crippen LogP contribution in [-0.2, 0) is 13.1 Å². The molecule has 2 rings (SSSR count). The summed E-state index contributed by atoms with van der Waals surface area (Å²) in [6.07, 6.45) is 0. The molecule has 0 bridgehead atoms. The van der Waals surface area contributed by atoms with Crippen LogP contribution in [0.2, 0.25) is 0 Å². The lowest BCUT2D eigenvalue weighted by molar-refractivity contribution is 0.604. The van der Waals surface area contributed by atoms with Crippen molar-refractivity contribution in [3.63, 3.8) is 0 Å². The maximum Gasteiger partial charge on any atom is 0.191 e. The highest BCUT2D eigenvalue weighted by Gasteiger charge is 2.06. The van der Waals surface area contributed by atoms with Gasteiger partial charge >= 0.3 is 0 Å². The fourth-order valence-corrected chi connectivity index (χ4v) is 2.18.